The molecule has 0 aliphatic carbocycles. The number of amides is 3. The average Bonchev–Trinajstić information content (AvgIpc) is 3.37. The molecule has 33 heavy (non-hydrogen) atoms. The summed E-state index contributed by atoms with van der Waals surface area (Å²) < 4.78 is 5.56. The Kier molecular flexibility index (Phi) is 7.12. The zero-order valence-corrected chi connectivity index (χ0v) is 18.0. The fourth-order valence-electron chi connectivity index (χ4n) is 3.60. The lowest BCUT2D eigenvalue weighted by Gasteiger charge is -2.14. The third-order valence-corrected chi connectivity index (χ3v) is 5.30. The van der Waals surface area contributed by atoms with E-state index in [2.05, 4.69) is 16.0 Å². The molecule has 1 atom stereocenters. The van der Waals surface area contributed by atoms with Crippen LogP contribution in [0.2, 0.25) is 0 Å². The minimum atomic E-state index is -0.312. The third-order valence-electron chi connectivity index (χ3n) is 5.30. The zero-order chi connectivity index (χ0) is 23.0. The second-order valence-corrected chi connectivity index (χ2v) is 7.78. The monoisotopic (exact) mass is 443 g/mol. The number of nitrogens with one attached hydrogen (secondary N) is 3. The molecule has 4 rings (SSSR count). The summed E-state index contributed by atoms with van der Waals surface area (Å²) in [5.74, 6) is -0.933. The Morgan fingerprint density at radius 1 is 0.727 bits per heavy atom. The molecule has 3 N–H and O–H groups in total. The fourth-order valence-corrected chi connectivity index (χ4v) is 3.60. The summed E-state index contributed by atoms with van der Waals surface area (Å²) in [5, 5.41) is 8.49. The summed E-state index contributed by atoms with van der Waals surface area (Å²) in [7, 11) is 0. The molecule has 1 aliphatic rings. The van der Waals surface area contributed by atoms with Gasteiger partial charge in [0.1, 0.15) is 0 Å². The molecule has 7 heteroatoms. The van der Waals surface area contributed by atoms with Gasteiger partial charge in [-0.3, -0.25) is 14.4 Å². The van der Waals surface area contributed by atoms with Crippen LogP contribution in [-0.4, -0.2) is 37.0 Å². The van der Waals surface area contributed by atoms with Gasteiger partial charge in [0, 0.05) is 41.2 Å². The first kappa shape index (κ1) is 22.2. The van der Waals surface area contributed by atoms with E-state index in [0.717, 1.165) is 12.8 Å². The van der Waals surface area contributed by atoms with E-state index in [-0.39, 0.29) is 23.8 Å². The normalized spacial score (nSPS) is 15.0. The van der Waals surface area contributed by atoms with Crippen molar-refractivity contribution < 1.29 is 19.1 Å². The van der Waals surface area contributed by atoms with Gasteiger partial charge in [-0.15, -0.1) is 0 Å². The fraction of sp³-hybridized carbons (Fsp3) is 0.192. The molecule has 3 amide bonds. The lowest BCUT2D eigenvalue weighted by Crippen LogP contribution is -2.31. The first-order chi connectivity index (χ1) is 16.1. The van der Waals surface area contributed by atoms with E-state index in [1.807, 2.05) is 12.1 Å². The van der Waals surface area contributed by atoms with Crippen LogP contribution in [0.4, 0.5) is 11.4 Å². The topological polar surface area (TPSA) is 96.5 Å². The predicted octanol–water partition coefficient (Wildman–Crippen LogP) is 4.10. The van der Waals surface area contributed by atoms with Gasteiger partial charge in [-0.1, -0.05) is 36.4 Å². The molecule has 0 radical (unpaired) electrons. The van der Waals surface area contributed by atoms with Crippen molar-refractivity contribution in [1.29, 1.82) is 0 Å². The Bertz CT molecular complexity index is 1060. The maximum atomic E-state index is 12.8. The van der Waals surface area contributed by atoms with E-state index < -0.39 is 0 Å². The number of anilines is 2. The molecular weight excluding hydrogens is 418 g/mol. The summed E-state index contributed by atoms with van der Waals surface area (Å²) >= 11 is 0. The van der Waals surface area contributed by atoms with Crippen molar-refractivity contribution in [3.63, 3.8) is 0 Å². The van der Waals surface area contributed by atoms with Crippen LogP contribution in [0.25, 0.3) is 0 Å². The van der Waals surface area contributed by atoms with Crippen molar-refractivity contribution >= 4 is 29.1 Å². The predicted molar refractivity (Wildman–Crippen MR) is 127 cm³/mol. The second kappa shape index (κ2) is 10.6. The molecular formula is C26H25N3O4. The largest absolute Gasteiger partial charge is 0.376 e. The van der Waals surface area contributed by atoms with Crippen LogP contribution in [0.15, 0.2) is 78.9 Å². The van der Waals surface area contributed by atoms with Crippen LogP contribution in [0, 0.1) is 0 Å². The average molecular weight is 444 g/mol. The molecule has 0 spiro atoms. The van der Waals surface area contributed by atoms with Gasteiger partial charge in [0.15, 0.2) is 0 Å². The summed E-state index contributed by atoms with van der Waals surface area (Å²) in [6, 6.07) is 22.3. The van der Waals surface area contributed by atoms with Crippen LogP contribution in [0.5, 0.6) is 0 Å². The van der Waals surface area contributed by atoms with Gasteiger partial charge in [-0.25, -0.2) is 0 Å². The molecule has 0 aromatic heterocycles. The van der Waals surface area contributed by atoms with Crippen LogP contribution in [-0.2, 0) is 4.74 Å². The highest BCUT2D eigenvalue weighted by molar-refractivity contribution is 6.08. The Hall–Kier alpha value is -3.97. The summed E-state index contributed by atoms with van der Waals surface area (Å²) in [6.45, 7) is 1.11. The molecule has 0 bridgehead atoms. The Labute approximate surface area is 192 Å². The van der Waals surface area contributed by atoms with Gasteiger partial charge in [0.25, 0.3) is 17.7 Å². The molecule has 0 saturated carbocycles. The minimum absolute atomic E-state index is 0.00664. The van der Waals surface area contributed by atoms with E-state index in [0.29, 0.717) is 41.2 Å². The van der Waals surface area contributed by atoms with Crippen LogP contribution < -0.4 is 16.0 Å². The van der Waals surface area contributed by atoms with E-state index >= 15 is 0 Å². The zero-order valence-electron chi connectivity index (χ0n) is 18.0. The van der Waals surface area contributed by atoms with Crippen LogP contribution in [0.3, 0.4) is 0 Å². The SMILES string of the molecule is O=C(NC[C@H]1CCCO1)c1cc(NC(=O)c2ccccc2)cc(NC(=O)c2ccccc2)c1. The van der Waals surface area contributed by atoms with Crippen LogP contribution >= 0.6 is 0 Å². The van der Waals surface area contributed by atoms with Crippen molar-refractivity contribution in [2.24, 2.45) is 0 Å². The Morgan fingerprint density at radius 2 is 1.27 bits per heavy atom. The smallest absolute Gasteiger partial charge is 0.255 e. The highest BCUT2D eigenvalue weighted by Crippen LogP contribution is 2.21. The number of hydrogen-bond acceptors (Lipinski definition) is 4. The highest BCUT2D eigenvalue weighted by Gasteiger charge is 2.18. The highest BCUT2D eigenvalue weighted by atomic mass is 16.5. The van der Waals surface area contributed by atoms with Gasteiger partial charge in [-0.2, -0.15) is 0 Å². The molecule has 1 heterocycles. The van der Waals surface area contributed by atoms with Gasteiger partial charge in [0.2, 0.25) is 0 Å². The first-order valence-corrected chi connectivity index (χ1v) is 10.9. The summed E-state index contributed by atoms with van der Waals surface area (Å²) in [5.41, 5.74) is 2.09. The maximum Gasteiger partial charge on any atom is 0.255 e. The van der Waals surface area contributed by atoms with Crippen molar-refractivity contribution in [3.05, 3.63) is 95.6 Å². The van der Waals surface area contributed by atoms with Gasteiger partial charge in [0.05, 0.1) is 6.10 Å². The molecule has 1 aliphatic heterocycles. The number of hydrogen-bond donors (Lipinski definition) is 3. The van der Waals surface area contributed by atoms with Gasteiger partial charge in [-0.05, 0) is 55.3 Å². The van der Waals surface area contributed by atoms with E-state index in [9.17, 15) is 14.4 Å². The molecule has 1 fully saturated rings. The molecule has 3 aromatic rings. The maximum absolute atomic E-state index is 12.8. The Morgan fingerprint density at radius 3 is 1.76 bits per heavy atom. The number of benzene rings is 3. The third kappa shape index (κ3) is 6.05. The Balaban J connectivity index is 1.55. The number of ether oxygens (including phenoxy) is 1. The summed E-state index contributed by atoms with van der Waals surface area (Å²) in [4.78, 5) is 38.1. The quantitative estimate of drug-likeness (QED) is 0.512. The molecule has 1 saturated heterocycles. The van der Waals surface area contributed by atoms with Crippen molar-refractivity contribution in [2.75, 3.05) is 23.8 Å². The van der Waals surface area contributed by atoms with Crippen molar-refractivity contribution in [1.82, 2.24) is 5.32 Å². The number of carbonyl (C=O) groups excluding carboxylic acids is 3. The van der Waals surface area contributed by atoms with Crippen LogP contribution in [0.1, 0.15) is 43.9 Å². The van der Waals surface area contributed by atoms with Crippen molar-refractivity contribution in [2.45, 2.75) is 18.9 Å². The number of carbonyl (C=O) groups is 3. The lowest BCUT2D eigenvalue weighted by molar-refractivity contribution is 0.0857. The molecule has 0 unspecified atom stereocenters. The molecule has 3 aromatic carbocycles. The van der Waals surface area contributed by atoms with E-state index in [1.54, 1.807) is 66.7 Å². The lowest BCUT2D eigenvalue weighted by atomic mass is 10.1. The molecule has 168 valence electrons. The number of rotatable bonds is 7. The minimum Gasteiger partial charge on any atom is -0.376 e. The second-order valence-electron chi connectivity index (χ2n) is 7.78. The van der Waals surface area contributed by atoms with Gasteiger partial charge >= 0.3 is 0 Å². The molecule has 7 nitrogen and oxygen atoms in total. The first-order valence-electron chi connectivity index (χ1n) is 10.9. The van der Waals surface area contributed by atoms with Gasteiger partial charge < -0.3 is 20.7 Å². The van der Waals surface area contributed by atoms with Crippen molar-refractivity contribution in [3.8, 4) is 0 Å². The van der Waals surface area contributed by atoms with E-state index in [1.165, 1.54) is 0 Å². The standard InChI is InChI=1S/C26H25N3O4/c30-24(27-17-23-12-7-13-33-23)20-14-21(28-25(31)18-8-3-1-4-9-18)16-22(15-20)29-26(32)19-10-5-2-6-11-19/h1-6,8-11,14-16,23H,7,12-13,17H2,(H,27,30)(H,28,31)(H,29,32)/t23-/m1/s1. The van der Waals surface area contributed by atoms with E-state index in [4.69, 9.17) is 4.74 Å². The summed E-state index contributed by atoms with van der Waals surface area (Å²) in [6.07, 6.45) is 1.90.